The maximum Gasteiger partial charge on any atom is 0.241 e. The molecule has 2 fully saturated rings. The molecule has 2 bridgehead atoms. The number of carbonyl (C=O) groups is 1. The average molecular weight is 326 g/mol. The van der Waals surface area contributed by atoms with Gasteiger partial charge in [0.1, 0.15) is 0 Å². The fourth-order valence-corrected chi connectivity index (χ4v) is 4.89. The zero-order chi connectivity index (χ0) is 16.3. The van der Waals surface area contributed by atoms with Crippen LogP contribution < -0.4 is 14.8 Å². The molecular weight excluding hydrogens is 304 g/mol. The zero-order valence-electron chi connectivity index (χ0n) is 13.8. The van der Waals surface area contributed by atoms with Gasteiger partial charge in [-0.1, -0.05) is 12.2 Å². The fraction of sp³-hybridized carbons (Fsp3) is 0.526. The lowest BCUT2D eigenvalue weighted by atomic mass is 9.86. The Morgan fingerprint density at radius 1 is 1.17 bits per heavy atom. The summed E-state index contributed by atoms with van der Waals surface area (Å²) in [5.74, 6) is 4.47. The molecule has 126 valence electrons. The van der Waals surface area contributed by atoms with Crippen molar-refractivity contribution < 1.29 is 14.3 Å². The van der Waals surface area contributed by atoms with Crippen molar-refractivity contribution >= 4 is 11.6 Å². The summed E-state index contributed by atoms with van der Waals surface area (Å²) in [6.07, 6.45) is 6.13. The molecule has 2 aliphatic heterocycles. The first-order valence-electron chi connectivity index (χ1n) is 8.82. The number of amides is 1. The molecule has 4 aliphatic rings. The first-order valence-corrected chi connectivity index (χ1v) is 8.82. The molecule has 0 aromatic heterocycles. The lowest BCUT2D eigenvalue weighted by Crippen LogP contribution is -2.41. The fourth-order valence-electron chi connectivity index (χ4n) is 4.89. The lowest BCUT2D eigenvalue weighted by molar-refractivity contribution is -0.120. The van der Waals surface area contributed by atoms with Crippen LogP contribution in [0.3, 0.4) is 0 Å². The Labute approximate surface area is 141 Å². The Morgan fingerprint density at radius 2 is 1.88 bits per heavy atom. The summed E-state index contributed by atoms with van der Waals surface area (Å²) in [4.78, 5) is 15.0. The number of nitrogens with one attached hydrogen (secondary N) is 1. The Hall–Kier alpha value is -2.01. The number of carbonyl (C=O) groups excluding carboxylic acids is 1. The number of rotatable bonds is 3. The van der Waals surface area contributed by atoms with Gasteiger partial charge in [0, 0.05) is 24.8 Å². The summed E-state index contributed by atoms with van der Waals surface area (Å²) in [7, 11) is 0. The zero-order valence-corrected chi connectivity index (χ0v) is 13.8. The molecule has 5 rings (SSSR count). The number of hydrogen-bond donors (Lipinski definition) is 1. The third-order valence-electron chi connectivity index (χ3n) is 6.26. The molecule has 3 unspecified atom stereocenters. The Morgan fingerprint density at radius 3 is 2.62 bits per heavy atom. The predicted octanol–water partition coefficient (Wildman–Crippen LogP) is 2.50. The van der Waals surface area contributed by atoms with Crippen molar-refractivity contribution in [1.29, 1.82) is 0 Å². The number of anilines is 1. The van der Waals surface area contributed by atoms with Gasteiger partial charge in [0.2, 0.25) is 12.7 Å². The normalized spacial score (nSPS) is 33.7. The minimum atomic E-state index is -0.111. The molecule has 5 atom stereocenters. The summed E-state index contributed by atoms with van der Waals surface area (Å²) in [5, 5.41) is 3.02. The highest BCUT2D eigenvalue weighted by atomic mass is 16.7. The van der Waals surface area contributed by atoms with Gasteiger partial charge in [-0.05, 0) is 49.1 Å². The smallest absolute Gasteiger partial charge is 0.241 e. The maximum atomic E-state index is 12.7. The molecule has 1 aromatic carbocycles. The van der Waals surface area contributed by atoms with Gasteiger partial charge < -0.3 is 14.8 Å². The summed E-state index contributed by atoms with van der Waals surface area (Å²) in [6, 6.07) is 5.42. The van der Waals surface area contributed by atoms with E-state index < -0.39 is 0 Å². The van der Waals surface area contributed by atoms with Gasteiger partial charge in [0.25, 0.3) is 0 Å². The molecule has 5 nitrogen and oxygen atoms in total. The number of ether oxygens (including phenoxy) is 2. The van der Waals surface area contributed by atoms with Gasteiger partial charge >= 0.3 is 0 Å². The monoisotopic (exact) mass is 326 g/mol. The van der Waals surface area contributed by atoms with Crippen LogP contribution in [-0.2, 0) is 4.79 Å². The second-order valence-electron chi connectivity index (χ2n) is 7.46. The van der Waals surface area contributed by atoms with E-state index in [1.165, 1.54) is 6.42 Å². The second kappa shape index (κ2) is 5.24. The van der Waals surface area contributed by atoms with Crippen LogP contribution in [0.1, 0.15) is 13.3 Å². The predicted molar refractivity (Wildman–Crippen MR) is 89.9 cm³/mol. The highest BCUT2D eigenvalue weighted by Crippen LogP contribution is 2.51. The molecule has 0 radical (unpaired) electrons. The number of likely N-dealkylation sites (tertiary alicyclic amines) is 1. The first kappa shape index (κ1) is 14.3. The molecular formula is C19H22N2O3. The van der Waals surface area contributed by atoms with Crippen LogP contribution in [-0.4, -0.2) is 36.7 Å². The molecule has 0 spiro atoms. The number of allylic oxidation sites excluding steroid dienone is 2. The van der Waals surface area contributed by atoms with Crippen molar-refractivity contribution in [2.45, 2.75) is 19.4 Å². The van der Waals surface area contributed by atoms with Crippen molar-refractivity contribution in [3.05, 3.63) is 30.4 Å². The van der Waals surface area contributed by atoms with Crippen LogP contribution in [0.2, 0.25) is 0 Å². The van der Waals surface area contributed by atoms with Crippen LogP contribution in [0.15, 0.2) is 30.4 Å². The Balaban J connectivity index is 1.25. The van der Waals surface area contributed by atoms with Crippen molar-refractivity contribution in [2.24, 2.45) is 23.7 Å². The van der Waals surface area contributed by atoms with Crippen LogP contribution in [0.5, 0.6) is 11.5 Å². The number of fused-ring (bicyclic) bond motifs is 6. The SMILES string of the molecule is CC(C(=O)Nc1ccc2c(c1)OCO2)N1C[C@@H]2C3C=CC(C3)[C@@H]2C1. The maximum absolute atomic E-state index is 12.7. The van der Waals surface area contributed by atoms with E-state index >= 15 is 0 Å². The number of nitrogens with zero attached hydrogens (tertiary/aromatic N) is 1. The summed E-state index contributed by atoms with van der Waals surface area (Å²) in [6.45, 7) is 4.35. The van der Waals surface area contributed by atoms with Crippen molar-refractivity contribution in [1.82, 2.24) is 4.90 Å². The Kier molecular flexibility index (Phi) is 3.13. The topological polar surface area (TPSA) is 50.8 Å². The van der Waals surface area contributed by atoms with Gasteiger partial charge in [0.05, 0.1) is 6.04 Å². The third-order valence-corrected chi connectivity index (χ3v) is 6.26. The van der Waals surface area contributed by atoms with Gasteiger partial charge in [-0.25, -0.2) is 0 Å². The third kappa shape index (κ3) is 2.14. The molecule has 1 N–H and O–H groups in total. The van der Waals surface area contributed by atoms with E-state index in [0.29, 0.717) is 5.75 Å². The number of benzene rings is 1. The highest BCUT2D eigenvalue weighted by molar-refractivity contribution is 5.94. The van der Waals surface area contributed by atoms with Crippen molar-refractivity contribution in [3.63, 3.8) is 0 Å². The van der Waals surface area contributed by atoms with Crippen LogP contribution in [0, 0.1) is 23.7 Å². The van der Waals surface area contributed by atoms with Gasteiger partial charge in [-0.3, -0.25) is 9.69 Å². The van der Waals surface area contributed by atoms with E-state index in [1.807, 2.05) is 25.1 Å². The standard InChI is InChI=1S/C19H22N2O3/c1-11(21-8-15-12-2-3-13(6-12)16(15)9-21)19(22)20-14-4-5-17-18(7-14)24-10-23-17/h2-5,7,11-13,15-16H,6,8-10H2,1H3,(H,20,22)/t11?,12?,13?,15-,16+. The minimum Gasteiger partial charge on any atom is -0.454 e. The molecule has 1 aromatic rings. The van der Waals surface area contributed by atoms with Gasteiger partial charge in [0.15, 0.2) is 11.5 Å². The average Bonchev–Trinajstić information content (AvgIpc) is 3.33. The van der Waals surface area contributed by atoms with E-state index in [-0.39, 0.29) is 18.7 Å². The molecule has 5 heteroatoms. The minimum absolute atomic E-state index is 0.0501. The van der Waals surface area contributed by atoms with Crippen LogP contribution in [0.4, 0.5) is 5.69 Å². The van der Waals surface area contributed by atoms with E-state index in [0.717, 1.165) is 48.2 Å². The highest BCUT2D eigenvalue weighted by Gasteiger charge is 2.50. The summed E-state index contributed by atoms with van der Waals surface area (Å²) >= 11 is 0. The largest absolute Gasteiger partial charge is 0.454 e. The van der Waals surface area contributed by atoms with Crippen LogP contribution in [0.25, 0.3) is 0 Å². The second-order valence-corrected chi connectivity index (χ2v) is 7.46. The first-order chi connectivity index (χ1) is 11.7. The Bertz CT molecular complexity index is 697. The van der Waals surface area contributed by atoms with Gasteiger partial charge in [-0.2, -0.15) is 0 Å². The van der Waals surface area contributed by atoms with Crippen LogP contribution >= 0.6 is 0 Å². The summed E-state index contributed by atoms with van der Waals surface area (Å²) < 4.78 is 10.7. The van der Waals surface area contributed by atoms with E-state index in [9.17, 15) is 4.79 Å². The van der Waals surface area contributed by atoms with E-state index in [4.69, 9.17) is 9.47 Å². The van der Waals surface area contributed by atoms with Gasteiger partial charge in [-0.15, -0.1) is 0 Å². The van der Waals surface area contributed by atoms with E-state index in [2.05, 4.69) is 22.4 Å². The molecule has 2 aliphatic carbocycles. The number of hydrogen-bond acceptors (Lipinski definition) is 4. The molecule has 1 amide bonds. The van der Waals surface area contributed by atoms with E-state index in [1.54, 1.807) is 0 Å². The van der Waals surface area contributed by atoms with Crippen molar-refractivity contribution in [3.8, 4) is 11.5 Å². The quantitative estimate of drug-likeness (QED) is 0.867. The van der Waals surface area contributed by atoms with Crippen molar-refractivity contribution in [2.75, 3.05) is 25.2 Å². The molecule has 1 saturated carbocycles. The molecule has 24 heavy (non-hydrogen) atoms. The summed E-state index contributed by atoms with van der Waals surface area (Å²) in [5.41, 5.74) is 0.761. The lowest BCUT2D eigenvalue weighted by Gasteiger charge is -2.25. The molecule has 1 saturated heterocycles. The molecule has 2 heterocycles.